The lowest BCUT2D eigenvalue weighted by molar-refractivity contribution is 0.1000. The number of aryl methyl sites for hydroxylation is 1. The Morgan fingerprint density at radius 2 is 2.42 bits per heavy atom. The monoisotopic (exact) mass is 181 g/mol. The maximum Gasteiger partial charge on any atom is 0.277 e. The van der Waals surface area contributed by atoms with Crippen LogP contribution < -0.4 is 5.73 Å². The maximum absolute atomic E-state index is 10.7. The SMILES string of the molecule is Cn1cc2nc(C(N)=O)sc2c1. The van der Waals surface area contributed by atoms with Crippen molar-refractivity contribution in [2.75, 3.05) is 0 Å². The molecule has 0 bridgehead atoms. The van der Waals surface area contributed by atoms with Gasteiger partial charge in [-0.05, 0) is 0 Å². The molecule has 2 N–H and O–H groups in total. The molecule has 0 spiro atoms. The molecule has 0 aliphatic heterocycles. The second-order valence-electron chi connectivity index (χ2n) is 2.56. The van der Waals surface area contributed by atoms with Crippen molar-refractivity contribution in [3.8, 4) is 0 Å². The molecule has 0 saturated carbocycles. The number of hydrogen-bond acceptors (Lipinski definition) is 3. The Morgan fingerprint density at radius 3 is 3.00 bits per heavy atom. The van der Waals surface area contributed by atoms with E-state index >= 15 is 0 Å². The third kappa shape index (κ3) is 0.984. The van der Waals surface area contributed by atoms with Crippen molar-refractivity contribution in [2.24, 2.45) is 12.8 Å². The molecule has 4 nitrogen and oxygen atoms in total. The van der Waals surface area contributed by atoms with Crippen LogP contribution in [0.25, 0.3) is 10.2 Å². The first-order valence-corrected chi connectivity index (χ1v) is 4.21. The van der Waals surface area contributed by atoms with Crippen molar-refractivity contribution in [2.45, 2.75) is 0 Å². The average molecular weight is 181 g/mol. The van der Waals surface area contributed by atoms with Gasteiger partial charge >= 0.3 is 0 Å². The van der Waals surface area contributed by atoms with Crippen LogP contribution in [-0.2, 0) is 7.05 Å². The standard InChI is InChI=1S/C7H7N3OS/c1-10-2-4-5(3-10)12-7(9-4)6(8)11/h2-3H,1H3,(H2,8,11). The van der Waals surface area contributed by atoms with Gasteiger partial charge in [-0.3, -0.25) is 4.79 Å². The van der Waals surface area contributed by atoms with Gasteiger partial charge < -0.3 is 10.3 Å². The molecule has 2 aromatic heterocycles. The van der Waals surface area contributed by atoms with Crippen molar-refractivity contribution in [3.05, 3.63) is 17.4 Å². The molecule has 0 atom stereocenters. The molecule has 0 aliphatic rings. The normalized spacial score (nSPS) is 10.8. The van der Waals surface area contributed by atoms with Gasteiger partial charge in [-0.25, -0.2) is 4.98 Å². The van der Waals surface area contributed by atoms with Gasteiger partial charge in [0.1, 0.15) is 0 Å². The van der Waals surface area contributed by atoms with Crippen molar-refractivity contribution in [1.82, 2.24) is 9.55 Å². The molecule has 0 radical (unpaired) electrons. The van der Waals surface area contributed by atoms with Gasteiger partial charge in [-0.1, -0.05) is 0 Å². The summed E-state index contributed by atoms with van der Waals surface area (Å²) in [5.74, 6) is -0.459. The van der Waals surface area contributed by atoms with Gasteiger partial charge in [-0.15, -0.1) is 11.3 Å². The molecule has 2 heterocycles. The van der Waals surface area contributed by atoms with Crippen molar-refractivity contribution in [1.29, 1.82) is 0 Å². The van der Waals surface area contributed by atoms with E-state index < -0.39 is 5.91 Å². The van der Waals surface area contributed by atoms with Crippen LogP contribution in [0.5, 0.6) is 0 Å². The Hall–Kier alpha value is -1.36. The van der Waals surface area contributed by atoms with E-state index in [-0.39, 0.29) is 0 Å². The first kappa shape index (κ1) is 7.30. The predicted octanol–water partition coefficient (Wildman–Crippen LogP) is 0.734. The minimum absolute atomic E-state index is 0.376. The number of rotatable bonds is 1. The van der Waals surface area contributed by atoms with Crippen LogP contribution >= 0.6 is 11.3 Å². The Kier molecular flexibility index (Phi) is 1.41. The highest BCUT2D eigenvalue weighted by Crippen LogP contribution is 2.21. The maximum atomic E-state index is 10.7. The summed E-state index contributed by atoms with van der Waals surface area (Å²) < 4.78 is 2.89. The summed E-state index contributed by atoms with van der Waals surface area (Å²) in [6.45, 7) is 0. The number of aromatic nitrogens is 2. The molecule has 1 amide bonds. The second kappa shape index (κ2) is 2.31. The molecule has 12 heavy (non-hydrogen) atoms. The Labute approximate surface area is 72.6 Å². The molecule has 0 aromatic carbocycles. The summed E-state index contributed by atoms with van der Waals surface area (Å²) in [5, 5.41) is 0.376. The number of thiazole rings is 1. The highest BCUT2D eigenvalue weighted by molar-refractivity contribution is 7.20. The Balaban J connectivity index is 2.64. The number of nitrogens with two attached hydrogens (primary N) is 1. The molecule has 2 rings (SSSR count). The summed E-state index contributed by atoms with van der Waals surface area (Å²) in [7, 11) is 1.92. The molecule has 0 unspecified atom stereocenters. The fourth-order valence-corrected chi connectivity index (χ4v) is 1.92. The van der Waals surface area contributed by atoms with E-state index in [0.29, 0.717) is 5.01 Å². The smallest absolute Gasteiger partial charge is 0.277 e. The zero-order chi connectivity index (χ0) is 8.72. The second-order valence-corrected chi connectivity index (χ2v) is 3.59. The van der Waals surface area contributed by atoms with E-state index in [9.17, 15) is 4.79 Å². The number of nitrogens with zero attached hydrogens (tertiary/aromatic N) is 2. The summed E-state index contributed by atoms with van der Waals surface area (Å²) >= 11 is 1.32. The summed E-state index contributed by atoms with van der Waals surface area (Å²) in [6.07, 6.45) is 3.78. The molecule has 5 heteroatoms. The lowest BCUT2D eigenvalue weighted by Gasteiger charge is -1.84. The number of fused-ring (bicyclic) bond motifs is 1. The van der Waals surface area contributed by atoms with E-state index in [1.165, 1.54) is 11.3 Å². The topological polar surface area (TPSA) is 60.9 Å². The molecular formula is C7H7N3OS. The highest BCUT2D eigenvalue weighted by atomic mass is 32.1. The van der Waals surface area contributed by atoms with Gasteiger partial charge in [0.15, 0.2) is 5.01 Å². The minimum atomic E-state index is -0.459. The molecule has 0 aliphatic carbocycles. The molecule has 0 fully saturated rings. The van der Waals surface area contributed by atoms with E-state index in [1.807, 2.05) is 24.0 Å². The molecule has 0 saturated heterocycles. The highest BCUT2D eigenvalue weighted by Gasteiger charge is 2.08. The van der Waals surface area contributed by atoms with Crippen LogP contribution in [0.2, 0.25) is 0 Å². The predicted molar refractivity (Wildman–Crippen MR) is 47.1 cm³/mol. The van der Waals surface area contributed by atoms with E-state index in [4.69, 9.17) is 5.73 Å². The van der Waals surface area contributed by atoms with Crippen molar-refractivity contribution >= 4 is 27.5 Å². The molecule has 62 valence electrons. The van der Waals surface area contributed by atoms with Crippen molar-refractivity contribution in [3.63, 3.8) is 0 Å². The van der Waals surface area contributed by atoms with Gasteiger partial charge in [0.25, 0.3) is 5.91 Å². The lowest BCUT2D eigenvalue weighted by atomic mass is 10.6. The summed E-state index contributed by atoms with van der Waals surface area (Å²) in [6, 6.07) is 0. The number of primary amides is 1. The minimum Gasteiger partial charge on any atom is -0.364 e. The van der Waals surface area contributed by atoms with E-state index in [2.05, 4.69) is 4.98 Å². The van der Waals surface area contributed by atoms with Crippen LogP contribution in [0.3, 0.4) is 0 Å². The average Bonchev–Trinajstić information content (AvgIpc) is 2.42. The Morgan fingerprint density at radius 1 is 1.67 bits per heavy atom. The van der Waals surface area contributed by atoms with Crippen LogP contribution in [0, 0.1) is 0 Å². The van der Waals surface area contributed by atoms with Crippen LogP contribution in [0.1, 0.15) is 9.80 Å². The summed E-state index contributed by atoms with van der Waals surface area (Å²) in [5.41, 5.74) is 5.91. The van der Waals surface area contributed by atoms with Gasteiger partial charge in [0.05, 0.1) is 10.2 Å². The fraction of sp³-hybridized carbons (Fsp3) is 0.143. The van der Waals surface area contributed by atoms with E-state index in [0.717, 1.165) is 10.2 Å². The number of amides is 1. The Bertz CT molecular complexity index is 411. The lowest BCUT2D eigenvalue weighted by Crippen LogP contribution is -2.09. The van der Waals surface area contributed by atoms with Crippen LogP contribution in [0.4, 0.5) is 0 Å². The van der Waals surface area contributed by atoms with Gasteiger partial charge in [0.2, 0.25) is 0 Å². The summed E-state index contributed by atoms with van der Waals surface area (Å²) in [4.78, 5) is 14.8. The quantitative estimate of drug-likeness (QED) is 0.705. The largest absolute Gasteiger partial charge is 0.364 e. The molecular weight excluding hydrogens is 174 g/mol. The number of carbonyl (C=O) groups excluding carboxylic acids is 1. The first-order chi connectivity index (χ1) is 5.66. The third-order valence-electron chi connectivity index (χ3n) is 1.54. The number of hydrogen-bond donors (Lipinski definition) is 1. The van der Waals surface area contributed by atoms with E-state index in [1.54, 1.807) is 0 Å². The third-order valence-corrected chi connectivity index (χ3v) is 2.56. The zero-order valence-electron chi connectivity index (χ0n) is 6.44. The number of carbonyl (C=O) groups is 1. The van der Waals surface area contributed by atoms with Crippen molar-refractivity contribution < 1.29 is 4.79 Å². The zero-order valence-corrected chi connectivity index (χ0v) is 7.26. The molecule has 2 aromatic rings. The van der Waals surface area contributed by atoms with Crippen LogP contribution in [-0.4, -0.2) is 15.5 Å². The van der Waals surface area contributed by atoms with Crippen LogP contribution in [0.15, 0.2) is 12.4 Å². The van der Waals surface area contributed by atoms with Gasteiger partial charge in [0, 0.05) is 19.4 Å². The first-order valence-electron chi connectivity index (χ1n) is 3.39. The van der Waals surface area contributed by atoms with Gasteiger partial charge in [-0.2, -0.15) is 0 Å². The fourth-order valence-electron chi connectivity index (χ4n) is 1.05.